The van der Waals surface area contributed by atoms with Crippen LogP contribution >= 0.6 is 34.8 Å². The molecule has 26 heavy (non-hydrogen) atoms. The van der Waals surface area contributed by atoms with Gasteiger partial charge in [-0.25, -0.2) is 4.68 Å². The molecule has 1 aromatic heterocycles. The zero-order valence-corrected chi connectivity index (χ0v) is 16.3. The van der Waals surface area contributed by atoms with Crippen molar-refractivity contribution in [2.75, 3.05) is 5.43 Å². The van der Waals surface area contributed by atoms with Gasteiger partial charge < -0.3 is 0 Å². The highest BCUT2D eigenvalue weighted by Crippen LogP contribution is 2.33. The van der Waals surface area contributed by atoms with Crippen molar-refractivity contribution in [1.29, 1.82) is 0 Å². The van der Waals surface area contributed by atoms with Gasteiger partial charge in [-0.1, -0.05) is 53.0 Å². The molecule has 0 atom stereocenters. The van der Waals surface area contributed by atoms with Crippen molar-refractivity contribution in [3.05, 3.63) is 79.1 Å². The van der Waals surface area contributed by atoms with E-state index < -0.39 is 0 Å². The summed E-state index contributed by atoms with van der Waals surface area (Å²) in [5.41, 5.74) is 5.15. The number of hydrogen-bond donors (Lipinski definition) is 1. The lowest BCUT2D eigenvalue weighted by molar-refractivity contribution is 0.643. The number of anilines is 1. The normalized spacial score (nSPS) is 11.3. The summed E-state index contributed by atoms with van der Waals surface area (Å²) < 4.78 is 3.32. The van der Waals surface area contributed by atoms with E-state index in [2.05, 4.69) is 10.5 Å². The summed E-state index contributed by atoms with van der Waals surface area (Å²) in [6.45, 7) is 1.76. The minimum atomic E-state index is -0.109. The lowest BCUT2D eigenvalue weighted by Crippen LogP contribution is -2.20. The van der Waals surface area contributed by atoms with E-state index in [1.807, 2.05) is 30.3 Å². The highest BCUT2D eigenvalue weighted by atomic mass is 35.5. The van der Waals surface area contributed by atoms with Crippen LogP contribution in [0.2, 0.25) is 15.1 Å². The minimum Gasteiger partial charge on any atom is -0.279 e. The summed E-state index contributed by atoms with van der Waals surface area (Å²) in [5.74, 6) is 0. The van der Waals surface area contributed by atoms with E-state index in [9.17, 15) is 4.79 Å². The number of nitrogens with one attached hydrogen (secondary N) is 1. The predicted octanol–water partition coefficient (Wildman–Crippen LogP) is 4.89. The smallest absolute Gasteiger partial charge is 0.274 e. The third-order valence-corrected chi connectivity index (χ3v) is 4.73. The van der Waals surface area contributed by atoms with E-state index in [0.29, 0.717) is 32.0 Å². The fourth-order valence-corrected chi connectivity index (χ4v) is 3.50. The first-order valence-corrected chi connectivity index (χ1v) is 8.81. The molecule has 2 aromatic carbocycles. The summed E-state index contributed by atoms with van der Waals surface area (Å²) in [5, 5.41) is 5.32. The number of halogens is 3. The van der Waals surface area contributed by atoms with Crippen molar-refractivity contribution >= 4 is 46.7 Å². The molecule has 0 spiro atoms. The second-order valence-corrected chi connectivity index (χ2v) is 6.85. The summed E-state index contributed by atoms with van der Waals surface area (Å²) in [6, 6.07) is 12.5. The molecule has 1 heterocycles. The van der Waals surface area contributed by atoms with Crippen LogP contribution in [0.1, 0.15) is 11.3 Å². The average molecular weight is 410 g/mol. The maximum Gasteiger partial charge on any atom is 0.274 e. The Morgan fingerprint density at radius 2 is 1.69 bits per heavy atom. The number of para-hydroxylation sites is 1. The molecule has 0 aliphatic carbocycles. The number of hydrogen-bond acceptors (Lipinski definition) is 3. The average Bonchev–Trinajstić information content (AvgIpc) is 2.81. The van der Waals surface area contributed by atoms with Gasteiger partial charge in [0.15, 0.2) is 0 Å². The summed E-state index contributed by atoms with van der Waals surface area (Å²) in [4.78, 5) is 12.6. The number of aromatic nitrogens is 2. The van der Waals surface area contributed by atoms with Gasteiger partial charge in [-0.2, -0.15) is 5.10 Å². The molecular formula is C18H15Cl3N4O. The van der Waals surface area contributed by atoms with Gasteiger partial charge in [0.05, 0.1) is 33.3 Å². The second-order valence-electron chi connectivity index (χ2n) is 5.60. The first kappa shape index (κ1) is 18.6. The maximum atomic E-state index is 12.6. The number of hydrazone groups is 1. The molecule has 3 aromatic rings. The number of nitrogens with zero attached hydrogens (tertiary/aromatic N) is 3. The Balaban J connectivity index is 1.94. The fraction of sp³-hybridized carbons (Fsp3) is 0.111. The van der Waals surface area contributed by atoms with E-state index in [0.717, 1.165) is 5.69 Å². The van der Waals surface area contributed by atoms with Crippen LogP contribution < -0.4 is 11.0 Å². The molecule has 0 fully saturated rings. The highest BCUT2D eigenvalue weighted by Gasteiger charge is 2.14. The summed E-state index contributed by atoms with van der Waals surface area (Å²) in [6.07, 6.45) is 1.55. The topological polar surface area (TPSA) is 51.3 Å². The van der Waals surface area contributed by atoms with Gasteiger partial charge in [-0.3, -0.25) is 14.9 Å². The predicted molar refractivity (Wildman–Crippen MR) is 108 cm³/mol. The summed E-state index contributed by atoms with van der Waals surface area (Å²) >= 11 is 18.1. The molecule has 1 N–H and O–H groups in total. The Morgan fingerprint density at radius 3 is 2.31 bits per heavy atom. The van der Waals surface area contributed by atoms with Crippen molar-refractivity contribution in [1.82, 2.24) is 9.36 Å². The molecule has 5 nitrogen and oxygen atoms in total. The molecule has 0 radical (unpaired) electrons. The largest absolute Gasteiger partial charge is 0.279 e. The molecule has 134 valence electrons. The quantitative estimate of drug-likeness (QED) is 0.492. The molecule has 8 heteroatoms. The maximum absolute atomic E-state index is 12.6. The van der Waals surface area contributed by atoms with Gasteiger partial charge in [0.1, 0.15) is 0 Å². The lowest BCUT2D eigenvalue weighted by atomic mass is 10.3. The third-order valence-electron chi connectivity index (χ3n) is 3.92. The Kier molecular flexibility index (Phi) is 5.41. The van der Waals surface area contributed by atoms with E-state index in [1.165, 1.54) is 0 Å². The van der Waals surface area contributed by atoms with Gasteiger partial charge in [-0.15, -0.1) is 0 Å². The molecule has 0 aliphatic rings. The summed E-state index contributed by atoms with van der Waals surface area (Å²) in [7, 11) is 1.80. The van der Waals surface area contributed by atoms with Gasteiger partial charge in [0.25, 0.3) is 5.56 Å². The lowest BCUT2D eigenvalue weighted by Gasteiger charge is -2.08. The molecule has 0 saturated carbocycles. The standard InChI is InChI=1S/C18H15Cl3N4O/c1-11-16(10-22-23-17-14(20)8-12(19)9-15(17)21)24(2)25(18(11)26)13-6-4-3-5-7-13/h3-10,23H,1-2H3/b22-10-. The zero-order chi connectivity index (χ0) is 18.8. The zero-order valence-electron chi connectivity index (χ0n) is 14.0. The fourth-order valence-electron chi connectivity index (χ4n) is 2.60. The van der Waals surface area contributed by atoms with E-state index in [-0.39, 0.29) is 5.56 Å². The van der Waals surface area contributed by atoms with Gasteiger partial charge in [0.2, 0.25) is 0 Å². The molecule has 0 saturated heterocycles. The monoisotopic (exact) mass is 408 g/mol. The van der Waals surface area contributed by atoms with Crippen molar-refractivity contribution in [3.8, 4) is 5.69 Å². The van der Waals surface area contributed by atoms with Gasteiger partial charge in [-0.05, 0) is 31.2 Å². The van der Waals surface area contributed by atoms with Crippen LogP contribution in [0, 0.1) is 6.92 Å². The van der Waals surface area contributed by atoms with Crippen LogP contribution in [0.25, 0.3) is 5.69 Å². The Morgan fingerprint density at radius 1 is 1.08 bits per heavy atom. The molecule has 0 bridgehead atoms. The van der Waals surface area contributed by atoms with Crippen LogP contribution in [0.4, 0.5) is 5.69 Å². The van der Waals surface area contributed by atoms with Gasteiger partial charge >= 0.3 is 0 Å². The molecule has 0 amide bonds. The molecule has 0 unspecified atom stereocenters. The Hall–Kier alpha value is -2.21. The van der Waals surface area contributed by atoms with Crippen molar-refractivity contribution < 1.29 is 0 Å². The first-order chi connectivity index (χ1) is 12.4. The number of benzene rings is 2. The van der Waals surface area contributed by atoms with Gasteiger partial charge in [0, 0.05) is 17.6 Å². The van der Waals surface area contributed by atoms with E-state index >= 15 is 0 Å². The van der Waals surface area contributed by atoms with Crippen molar-refractivity contribution in [2.45, 2.75) is 6.92 Å². The molecular weight excluding hydrogens is 395 g/mol. The van der Waals surface area contributed by atoms with E-state index in [1.54, 1.807) is 41.7 Å². The van der Waals surface area contributed by atoms with Crippen molar-refractivity contribution in [2.24, 2.45) is 12.1 Å². The third kappa shape index (κ3) is 3.51. The van der Waals surface area contributed by atoms with Crippen LogP contribution in [-0.4, -0.2) is 15.6 Å². The SMILES string of the molecule is Cc1c(/C=N\Nc2c(Cl)cc(Cl)cc2Cl)n(C)n(-c2ccccc2)c1=O. The minimum absolute atomic E-state index is 0.109. The van der Waals surface area contributed by atoms with Crippen LogP contribution in [0.3, 0.4) is 0 Å². The van der Waals surface area contributed by atoms with Crippen molar-refractivity contribution in [3.63, 3.8) is 0 Å². The van der Waals surface area contributed by atoms with Crippen LogP contribution in [-0.2, 0) is 7.05 Å². The molecule has 3 rings (SSSR count). The van der Waals surface area contributed by atoms with Crippen LogP contribution in [0.15, 0.2) is 52.4 Å². The first-order valence-electron chi connectivity index (χ1n) is 7.67. The second kappa shape index (κ2) is 7.58. The Bertz CT molecular complexity index is 1020. The van der Waals surface area contributed by atoms with E-state index in [4.69, 9.17) is 34.8 Å². The number of rotatable bonds is 4. The Labute approximate surface area is 165 Å². The van der Waals surface area contributed by atoms with Crippen LogP contribution in [0.5, 0.6) is 0 Å². The highest BCUT2D eigenvalue weighted by molar-refractivity contribution is 6.41. The molecule has 0 aliphatic heterocycles.